The molecule has 33 heavy (non-hydrogen) atoms. The predicted octanol–water partition coefficient (Wildman–Crippen LogP) is 5.44. The number of nitrogens with one attached hydrogen (secondary N) is 1. The topological polar surface area (TPSA) is 67.2 Å². The van der Waals surface area contributed by atoms with Gasteiger partial charge in [0.1, 0.15) is 11.6 Å². The Morgan fingerprint density at radius 2 is 1.73 bits per heavy atom. The van der Waals surface area contributed by atoms with E-state index in [0.29, 0.717) is 30.2 Å². The fourth-order valence-electron chi connectivity index (χ4n) is 3.59. The normalized spacial score (nSPS) is 10.8. The van der Waals surface area contributed by atoms with Gasteiger partial charge in [0.2, 0.25) is 11.8 Å². The van der Waals surface area contributed by atoms with E-state index in [0.717, 1.165) is 31.2 Å². The third kappa shape index (κ3) is 6.75. The summed E-state index contributed by atoms with van der Waals surface area (Å²) < 4.78 is 15.0. The van der Waals surface area contributed by atoms with Crippen LogP contribution in [0.2, 0.25) is 0 Å². The molecule has 0 atom stereocenters. The van der Waals surface area contributed by atoms with E-state index in [-0.39, 0.29) is 24.2 Å². The third-order valence-electron chi connectivity index (χ3n) is 5.43. The summed E-state index contributed by atoms with van der Waals surface area (Å²) in [6.45, 7) is 4.43. The predicted molar refractivity (Wildman–Crippen MR) is 129 cm³/mol. The quantitative estimate of drug-likeness (QED) is 0.396. The first kappa shape index (κ1) is 24.2. The second-order valence-electron chi connectivity index (χ2n) is 7.94. The second-order valence-corrected chi connectivity index (χ2v) is 7.94. The molecule has 7 heteroatoms. The van der Waals surface area contributed by atoms with E-state index in [1.165, 1.54) is 12.1 Å². The zero-order valence-electron chi connectivity index (χ0n) is 19.3. The van der Waals surface area contributed by atoms with E-state index in [4.69, 9.17) is 0 Å². The highest BCUT2D eigenvalue weighted by atomic mass is 19.1. The van der Waals surface area contributed by atoms with Crippen molar-refractivity contribution in [2.24, 2.45) is 0 Å². The number of unbranched alkanes of at least 4 members (excludes halogenated alkanes) is 3. The number of aromatic nitrogens is 2. The lowest BCUT2D eigenvalue weighted by Crippen LogP contribution is -2.38. The Bertz CT molecular complexity index is 1050. The smallest absolute Gasteiger partial charge is 0.245 e. The Labute approximate surface area is 194 Å². The fraction of sp³-hybridized carbons (Fsp3) is 0.346. The summed E-state index contributed by atoms with van der Waals surface area (Å²) >= 11 is 0. The Kier molecular flexibility index (Phi) is 8.75. The molecule has 0 bridgehead atoms. The lowest BCUT2D eigenvalue weighted by molar-refractivity contribution is -0.134. The van der Waals surface area contributed by atoms with Gasteiger partial charge in [0.25, 0.3) is 0 Å². The monoisotopic (exact) mass is 450 g/mol. The molecule has 174 valence electrons. The SMILES string of the molecule is CCCCCCC(=O)N(CC)CC(=O)Nc1cc(-c2ccccc2)nn1-c1ccc(F)cc1. The molecule has 1 heterocycles. The number of amides is 2. The van der Waals surface area contributed by atoms with Gasteiger partial charge in [-0.1, -0.05) is 56.5 Å². The van der Waals surface area contributed by atoms with Crippen LogP contribution in [0.5, 0.6) is 0 Å². The van der Waals surface area contributed by atoms with Gasteiger partial charge in [-0.3, -0.25) is 9.59 Å². The van der Waals surface area contributed by atoms with Gasteiger partial charge in [0.15, 0.2) is 0 Å². The average molecular weight is 451 g/mol. The number of carbonyl (C=O) groups excluding carboxylic acids is 2. The molecule has 0 aliphatic carbocycles. The molecular formula is C26H31FN4O2. The Balaban J connectivity index is 1.76. The Morgan fingerprint density at radius 3 is 2.39 bits per heavy atom. The summed E-state index contributed by atoms with van der Waals surface area (Å²) in [5, 5.41) is 7.51. The van der Waals surface area contributed by atoms with Crippen molar-refractivity contribution in [1.29, 1.82) is 0 Å². The fourth-order valence-corrected chi connectivity index (χ4v) is 3.59. The first-order chi connectivity index (χ1) is 16.0. The molecule has 0 aliphatic heterocycles. The van der Waals surface area contributed by atoms with E-state index in [1.807, 2.05) is 37.3 Å². The van der Waals surface area contributed by atoms with E-state index in [9.17, 15) is 14.0 Å². The zero-order chi connectivity index (χ0) is 23.6. The van der Waals surface area contributed by atoms with Crippen LogP contribution in [0.3, 0.4) is 0 Å². The van der Waals surface area contributed by atoms with Gasteiger partial charge in [0, 0.05) is 24.6 Å². The van der Waals surface area contributed by atoms with Crippen molar-refractivity contribution in [3.05, 3.63) is 66.5 Å². The highest BCUT2D eigenvalue weighted by Crippen LogP contribution is 2.25. The molecule has 0 saturated heterocycles. The molecule has 2 amide bonds. The van der Waals surface area contributed by atoms with Crippen LogP contribution in [-0.4, -0.2) is 39.6 Å². The van der Waals surface area contributed by atoms with Crippen LogP contribution in [0.15, 0.2) is 60.7 Å². The number of halogens is 1. The van der Waals surface area contributed by atoms with Crippen LogP contribution in [0.1, 0.15) is 46.0 Å². The first-order valence-electron chi connectivity index (χ1n) is 11.5. The summed E-state index contributed by atoms with van der Waals surface area (Å²) in [6, 6.07) is 17.3. The van der Waals surface area contributed by atoms with Crippen molar-refractivity contribution in [2.75, 3.05) is 18.4 Å². The maximum absolute atomic E-state index is 13.4. The molecule has 3 aromatic rings. The summed E-state index contributed by atoms with van der Waals surface area (Å²) in [6.07, 6.45) is 4.53. The largest absolute Gasteiger partial charge is 0.334 e. The van der Waals surface area contributed by atoms with Crippen LogP contribution < -0.4 is 5.32 Å². The van der Waals surface area contributed by atoms with Crippen LogP contribution in [0.25, 0.3) is 16.9 Å². The summed E-state index contributed by atoms with van der Waals surface area (Å²) in [4.78, 5) is 26.9. The number of likely N-dealkylation sites (N-methyl/N-ethyl adjacent to an activating group) is 1. The van der Waals surface area contributed by atoms with Crippen molar-refractivity contribution in [3.8, 4) is 16.9 Å². The molecule has 1 N–H and O–H groups in total. The van der Waals surface area contributed by atoms with E-state index in [1.54, 1.807) is 27.8 Å². The molecule has 3 rings (SSSR count). The molecule has 0 unspecified atom stereocenters. The van der Waals surface area contributed by atoms with Crippen LogP contribution in [0, 0.1) is 5.82 Å². The molecule has 0 fully saturated rings. The molecule has 0 saturated carbocycles. The number of benzene rings is 2. The number of hydrogen-bond donors (Lipinski definition) is 1. The lowest BCUT2D eigenvalue weighted by atomic mass is 10.1. The van der Waals surface area contributed by atoms with Gasteiger partial charge in [-0.05, 0) is 37.6 Å². The third-order valence-corrected chi connectivity index (χ3v) is 5.43. The lowest BCUT2D eigenvalue weighted by Gasteiger charge is -2.20. The molecule has 1 aromatic heterocycles. The molecule has 0 radical (unpaired) electrons. The maximum atomic E-state index is 13.4. The van der Waals surface area contributed by atoms with Crippen LogP contribution in [0.4, 0.5) is 10.2 Å². The Hall–Kier alpha value is -3.48. The Morgan fingerprint density at radius 1 is 1.00 bits per heavy atom. The van der Waals surface area contributed by atoms with Crippen molar-refractivity contribution >= 4 is 17.6 Å². The second kappa shape index (κ2) is 11.9. The summed E-state index contributed by atoms with van der Waals surface area (Å²) in [7, 11) is 0. The van der Waals surface area contributed by atoms with Gasteiger partial charge in [0.05, 0.1) is 17.9 Å². The van der Waals surface area contributed by atoms with Gasteiger partial charge in [-0.2, -0.15) is 5.10 Å². The highest BCUT2D eigenvalue weighted by molar-refractivity contribution is 5.94. The minimum atomic E-state index is -0.351. The van der Waals surface area contributed by atoms with E-state index in [2.05, 4.69) is 17.3 Å². The summed E-state index contributed by atoms with van der Waals surface area (Å²) in [5.74, 6) is -0.213. The maximum Gasteiger partial charge on any atom is 0.245 e. The number of rotatable bonds is 11. The van der Waals surface area contributed by atoms with Crippen molar-refractivity contribution < 1.29 is 14.0 Å². The van der Waals surface area contributed by atoms with Crippen molar-refractivity contribution in [3.63, 3.8) is 0 Å². The molecule has 2 aromatic carbocycles. The average Bonchev–Trinajstić information content (AvgIpc) is 3.24. The van der Waals surface area contributed by atoms with Gasteiger partial charge in [-0.15, -0.1) is 0 Å². The molecular weight excluding hydrogens is 419 g/mol. The molecule has 0 spiro atoms. The van der Waals surface area contributed by atoms with Gasteiger partial charge in [-0.25, -0.2) is 9.07 Å². The minimum Gasteiger partial charge on any atom is -0.334 e. The van der Waals surface area contributed by atoms with Crippen LogP contribution >= 0.6 is 0 Å². The number of anilines is 1. The minimum absolute atomic E-state index is 0.0132. The van der Waals surface area contributed by atoms with Gasteiger partial charge < -0.3 is 10.2 Å². The zero-order valence-corrected chi connectivity index (χ0v) is 19.3. The number of hydrogen-bond acceptors (Lipinski definition) is 3. The number of nitrogens with zero attached hydrogens (tertiary/aromatic N) is 3. The van der Waals surface area contributed by atoms with Crippen LogP contribution in [-0.2, 0) is 9.59 Å². The molecule has 0 aliphatic rings. The van der Waals surface area contributed by atoms with E-state index < -0.39 is 0 Å². The standard InChI is InChI=1S/C26H31FN4O2/c1-3-5-6-10-13-26(33)30(4-2)19-25(32)28-24-18-23(20-11-8-7-9-12-20)29-31(24)22-16-14-21(27)15-17-22/h7-9,11-12,14-18H,3-6,10,13,19H2,1-2H3,(H,28,32). The summed E-state index contributed by atoms with van der Waals surface area (Å²) in [5.41, 5.74) is 2.19. The van der Waals surface area contributed by atoms with E-state index >= 15 is 0 Å². The molecule has 6 nitrogen and oxygen atoms in total. The number of carbonyl (C=O) groups is 2. The highest BCUT2D eigenvalue weighted by Gasteiger charge is 2.18. The van der Waals surface area contributed by atoms with Crippen molar-refractivity contribution in [2.45, 2.75) is 46.0 Å². The van der Waals surface area contributed by atoms with Gasteiger partial charge >= 0.3 is 0 Å². The van der Waals surface area contributed by atoms with Crippen molar-refractivity contribution in [1.82, 2.24) is 14.7 Å². The first-order valence-corrected chi connectivity index (χ1v) is 11.5.